The lowest BCUT2D eigenvalue weighted by Crippen LogP contribution is -2.34. The number of carbonyl (C=O) groups is 1. The van der Waals surface area contributed by atoms with E-state index in [-0.39, 0.29) is 11.0 Å². The summed E-state index contributed by atoms with van der Waals surface area (Å²) in [5, 5.41) is 0. The Bertz CT molecular complexity index is 623. The maximum absolute atomic E-state index is 13.4. The molecule has 0 heterocycles. The zero-order valence-electron chi connectivity index (χ0n) is 11.8. The number of nitrogens with zero attached hydrogens (tertiary/aromatic N) is 1. The summed E-state index contributed by atoms with van der Waals surface area (Å²) in [5.74, 6) is -1.28. The zero-order valence-corrected chi connectivity index (χ0v) is 13.3. The first-order valence-corrected chi connectivity index (χ1v) is 8.22. The number of benzene rings is 1. The molecule has 0 saturated heterocycles. The van der Waals surface area contributed by atoms with Gasteiger partial charge in [-0.15, -0.1) is 0 Å². The van der Waals surface area contributed by atoms with Crippen LogP contribution in [0.2, 0.25) is 0 Å². The number of amides is 1. The van der Waals surface area contributed by atoms with Crippen LogP contribution in [-0.4, -0.2) is 32.8 Å². The highest BCUT2D eigenvalue weighted by molar-refractivity contribution is 8.13. The molecule has 0 unspecified atom stereocenters. The molecule has 20 heavy (non-hydrogen) atoms. The Morgan fingerprint density at radius 2 is 1.85 bits per heavy atom. The second-order valence-electron chi connectivity index (χ2n) is 5.84. The summed E-state index contributed by atoms with van der Waals surface area (Å²) in [7, 11) is 2.67. The molecule has 7 heteroatoms. The fraction of sp³-hybridized carbons (Fsp3) is 0.462. The van der Waals surface area contributed by atoms with Crippen LogP contribution in [0.5, 0.6) is 0 Å². The molecule has 0 fully saturated rings. The molecule has 1 aromatic rings. The van der Waals surface area contributed by atoms with Gasteiger partial charge in [0.25, 0.3) is 15.0 Å². The van der Waals surface area contributed by atoms with Gasteiger partial charge in [0, 0.05) is 29.8 Å². The van der Waals surface area contributed by atoms with Gasteiger partial charge in [-0.3, -0.25) is 4.79 Å². The van der Waals surface area contributed by atoms with Crippen LogP contribution in [0.15, 0.2) is 23.1 Å². The monoisotopic (exact) mass is 321 g/mol. The molecule has 0 spiro atoms. The van der Waals surface area contributed by atoms with Crippen LogP contribution in [-0.2, 0) is 9.05 Å². The molecular formula is C13H17ClFNO3S. The van der Waals surface area contributed by atoms with Crippen LogP contribution in [0.3, 0.4) is 0 Å². The van der Waals surface area contributed by atoms with Gasteiger partial charge in [0.15, 0.2) is 0 Å². The minimum atomic E-state index is -4.08. The van der Waals surface area contributed by atoms with Gasteiger partial charge in [0.2, 0.25) is 0 Å². The maximum atomic E-state index is 13.4. The Kier molecular flexibility index (Phi) is 4.82. The van der Waals surface area contributed by atoms with Crippen molar-refractivity contribution in [3.8, 4) is 0 Å². The molecular weight excluding hydrogens is 305 g/mol. The molecule has 0 N–H and O–H groups in total. The lowest BCUT2D eigenvalue weighted by atomic mass is 9.96. The van der Waals surface area contributed by atoms with E-state index in [0.717, 1.165) is 18.2 Å². The van der Waals surface area contributed by atoms with Crippen LogP contribution < -0.4 is 0 Å². The quantitative estimate of drug-likeness (QED) is 0.804. The average molecular weight is 322 g/mol. The Labute approximate surface area is 123 Å². The molecule has 0 saturated carbocycles. The second-order valence-corrected chi connectivity index (χ2v) is 8.40. The second kappa shape index (κ2) is 5.69. The van der Waals surface area contributed by atoms with Crippen LogP contribution in [0, 0.1) is 11.2 Å². The van der Waals surface area contributed by atoms with Crippen molar-refractivity contribution in [2.24, 2.45) is 5.41 Å². The van der Waals surface area contributed by atoms with Crippen molar-refractivity contribution < 1.29 is 17.6 Å². The Hall–Kier alpha value is -1.14. The van der Waals surface area contributed by atoms with Crippen LogP contribution in [0.25, 0.3) is 0 Å². The van der Waals surface area contributed by atoms with E-state index in [1.165, 1.54) is 4.90 Å². The molecule has 0 aromatic heterocycles. The van der Waals surface area contributed by atoms with Crippen LogP contribution in [0.1, 0.15) is 31.1 Å². The molecule has 0 aliphatic heterocycles. The first kappa shape index (κ1) is 16.9. The normalized spacial score (nSPS) is 12.3. The minimum absolute atomic E-state index is 0.0454. The average Bonchev–Trinajstić information content (AvgIpc) is 2.23. The van der Waals surface area contributed by atoms with Crippen molar-refractivity contribution in [1.82, 2.24) is 4.90 Å². The Morgan fingerprint density at radius 1 is 1.30 bits per heavy atom. The number of hydrogen-bond acceptors (Lipinski definition) is 3. The Morgan fingerprint density at radius 3 is 2.30 bits per heavy atom. The predicted octanol–water partition coefficient (Wildman–Crippen LogP) is 2.87. The number of carbonyl (C=O) groups excluding carboxylic acids is 1. The SMILES string of the molecule is CN(CC(C)(C)C)C(=O)c1cc(F)cc(S(=O)(=O)Cl)c1. The van der Waals surface area contributed by atoms with Gasteiger partial charge in [0.1, 0.15) is 5.82 Å². The van der Waals surface area contributed by atoms with Crippen molar-refractivity contribution >= 4 is 25.6 Å². The molecule has 4 nitrogen and oxygen atoms in total. The smallest absolute Gasteiger partial charge is 0.261 e. The molecule has 0 aliphatic carbocycles. The lowest BCUT2D eigenvalue weighted by Gasteiger charge is -2.26. The van der Waals surface area contributed by atoms with Gasteiger partial charge >= 0.3 is 0 Å². The van der Waals surface area contributed by atoms with Crippen molar-refractivity contribution in [1.29, 1.82) is 0 Å². The van der Waals surface area contributed by atoms with Gasteiger partial charge in [0.05, 0.1) is 4.90 Å². The van der Waals surface area contributed by atoms with Gasteiger partial charge in [-0.2, -0.15) is 0 Å². The largest absolute Gasteiger partial charge is 0.341 e. The van der Waals surface area contributed by atoms with E-state index in [1.54, 1.807) is 7.05 Å². The first-order valence-electron chi connectivity index (χ1n) is 5.91. The number of halogens is 2. The summed E-state index contributed by atoms with van der Waals surface area (Å²) in [6.45, 7) is 6.32. The van der Waals surface area contributed by atoms with E-state index in [2.05, 4.69) is 0 Å². The van der Waals surface area contributed by atoms with E-state index in [9.17, 15) is 17.6 Å². The van der Waals surface area contributed by atoms with Gasteiger partial charge in [-0.1, -0.05) is 20.8 Å². The molecule has 0 bridgehead atoms. The summed E-state index contributed by atoms with van der Waals surface area (Å²) in [5.41, 5.74) is -0.171. The third-order valence-corrected chi connectivity index (χ3v) is 3.79. The summed E-state index contributed by atoms with van der Waals surface area (Å²) >= 11 is 0. The highest BCUT2D eigenvalue weighted by atomic mass is 35.7. The van der Waals surface area contributed by atoms with E-state index in [0.29, 0.717) is 6.54 Å². The number of rotatable bonds is 3. The summed E-state index contributed by atoms with van der Waals surface area (Å²) in [6, 6.07) is 2.85. The summed E-state index contributed by atoms with van der Waals surface area (Å²) < 4.78 is 35.9. The van der Waals surface area contributed by atoms with Gasteiger partial charge in [-0.25, -0.2) is 12.8 Å². The van der Waals surface area contributed by atoms with E-state index < -0.39 is 25.7 Å². The molecule has 1 aromatic carbocycles. The zero-order chi connectivity index (χ0) is 15.7. The van der Waals surface area contributed by atoms with E-state index >= 15 is 0 Å². The molecule has 112 valence electrons. The van der Waals surface area contributed by atoms with Crippen LogP contribution >= 0.6 is 10.7 Å². The third kappa shape index (κ3) is 4.76. The molecule has 1 rings (SSSR count). The van der Waals surface area contributed by atoms with Crippen molar-refractivity contribution in [2.45, 2.75) is 25.7 Å². The number of hydrogen-bond donors (Lipinski definition) is 0. The third-order valence-electron chi connectivity index (χ3n) is 2.46. The van der Waals surface area contributed by atoms with E-state index in [1.807, 2.05) is 20.8 Å². The standard InChI is InChI=1S/C13H17ClFNO3S/c1-13(2,3)8-16(4)12(17)9-5-10(15)7-11(6-9)20(14,18)19/h5-7H,8H2,1-4H3. The van der Waals surface area contributed by atoms with E-state index in [4.69, 9.17) is 10.7 Å². The van der Waals surface area contributed by atoms with Crippen molar-refractivity contribution in [2.75, 3.05) is 13.6 Å². The first-order chi connectivity index (χ1) is 8.90. The molecule has 0 radical (unpaired) electrons. The van der Waals surface area contributed by atoms with Crippen LogP contribution in [0.4, 0.5) is 4.39 Å². The molecule has 1 amide bonds. The highest BCUT2D eigenvalue weighted by Gasteiger charge is 2.21. The topological polar surface area (TPSA) is 54.5 Å². The predicted molar refractivity (Wildman–Crippen MR) is 75.9 cm³/mol. The molecule has 0 atom stereocenters. The molecule has 0 aliphatic rings. The summed E-state index contributed by atoms with van der Waals surface area (Å²) in [4.78, 5) is 13.2. The summed E-state index contributed by atoms with van der Waals surface area (Å²) in [6.07, 6.45) is 0. The maximum Gasteiger partial charge on any atom is 0.261 e. The highest BCUT2D eigenvalue weighted by Crippen LogP contribution is 2.21. The lowest BCUT2D eigenvalue weighted by molar-refractivity contribution is 0.0745. The van der Waals surface area contributed by atoms with Crippen molar-refractivity contribution in [3.63, 3.8) is 0 Å². The Balaban J connectivity index is 3.14. The minimum Gasteiger partial charge on any atom is -0.341 e. The van der Waals surface area contributed by atoms with Gasteiger partial charge < -0.3 is 4.90 Å². The van der Waals surface area contributed by atoms with Crippen molar-refractivity contribution in [3.05, 3.63) is 29.6 Å². The fourth-order valence-corrected chi connectivity index (χ4v) is 2.62. The van der Waals surface area contributed by atoms with Gasteiger partial charge in [-0.05, 0) is 23.6 Å². The fourth-order valence-electron chi connectivity index (χ4n) is 1.83.